The number of carbonyl (C=O) groups excluding carboxylic acids is 2. The number of carbonyl (C=O) groups is 2. The minimum absolute atomic E-state index is 0.0793. The molecular weight excluding hydrogens is 176 g/mol. The van der Waals surface area contributed by atoms with Gasteiger partial charge in [-0.3, -0.25) is 9.59 Å². The van der Waals surface area contributed by atoms with Crippen LogP contribution in [0.15, 0.2) is 11.4 Å². The highest BCUT2D eigenvalue weighted by atomic mass is 32.1. The number of rotatable bonds is 3. The second-order valence-electron chi connectivity index (χ2n) is 2.26. The molecule has 1 heterocycles. The Kier molecular flexibility index (Phi) is 2.44. The molecule has 0 aromatic carbocycles. The average Bonchev–Trinajstić information content (AvgIpc) is 2.33. The van der Waals surface area contributed by atoms with Gasteiger partial charge in [0.05, 0.1) is 12.0 Å². The molecule has 0 saturated carbocycles. The van der Waals surface area contributed by atoms with Gasteiger partial charge in [-0.05, 0) is 11.4 Å². The predicted molar refractivity (Wildman–Crippen MR) is 45.7 cm³/mol. The first kappa shape index (κ1) is 8.73. The molecule has 0 unspecified atom stereocenters. The number of hydrogen-bond acceptors (Lipinski definition) is 3. The van der Waals surface area contributed by atoms with Crippen LogP contribution in [0.25, 0.3) is 0 Å². The Hall–Kier alpha value is -1.36. The summed E-state index contributed by atoms with van der Waals surface area (Å²) < 4.78 is 0. The molecule has 1 rings (SSSR count). The van der Waals surface area contributed by atoms with E-state index in [1.807, 2.05) is 0 Å². The zero-order valence-electron chi connectivity index (χ0n) is 6.24. The van der Waals surface area contributed by atoms with E-state index in [2.05, 4.69) is 0 Å². The van der Waals surface area contributed by atoms with Crippen molar-refractivity contribution in [2.45, 2.75) is 6.42 Å². The van der Waals surface area contributed by atoms with Crippen LogP contribution in [0.4, 0.5) is 0 Å². The highest BCUT2D eigenvalue weighted by molar-refractivity contribution is 7.10. The fraction of sp³-hybridized carbons (Fsp3) is 0.143. The molecule has 4 nitrogen and oxygen atoms in total. The Labute approximate surface area is 73.2 Å². The van der Waals surface area contributed by atoms with E-state index in [0.717, 1.165) is 0 Å². The lowest BCUT2D eigenvalue weighted by molar-refractivity contribution is -0.117. The van der Waals surface area contributed by atoms with Gasteiger partial charge in [0.2, 0.25) is 11.8 Å². The van der Waals surface area contributed by atoms with Crippen molar-refractivity contribution >= 4 is 23.2 Å². The van der Waals surface area contributed by atoms with E-state index < -0.39 is 11.8 Å². The molecule has 2 amide bonds. The van der Waals surface area contributed by atoms with E-state index >= 15 is 0 Å². The van der Waals surface area contributed by atoms with Crippen molar-refractivity contribution in [3.8, 4) is 0 Å². The van der Waals surface area contributed by atoms with Crippen LogP contribution in [-0.4, -0.2) is 11.8 Å². The Bertz CT molecular complexity index is 319. The van der Waals surface area contributed by atoms with Crippen molar-refractivity contribution in [1.29, 1.82) is 0 Å². The molecule has 1 aromatic heterocycles. The van der Waals surface area contributed by atoms with E-state index in [0.29, 0.717) is 10.4 Å². The molecule has 4 N–H and O–H groups in total. The Morgan fingerprint density at radius 1 is 1.42 bits per heavy atom. The molecular formula is C7H8N2O2S. The van der Waals surface area contributed by atoms with Crippen LogP contribution in [0.2, 0.25) is 0 Å². The molecule has 0 radical (unpaired) electrons. The topological polar surface area (TPSA) is 86.2 Å². The van der Waals surface area contributed by atoms with Gasteiger partial charge in [-0.2, -0.15) is 0 Å². The van der Waals surface area contributed by atoms with E-state index in [9.17, 15) is 9.59 Å². The second kappa shape index (κ2) is 3.36. The maximum atomic E-state index is 10.7. The third kappa shape index (κ3) is 1.82. The third-order valence-electron chi connectivity index (χ3n) is 1.35. The summed E-state index contributed by atoms with van der Waals surface area (Å²) in [5, 5.41) is 1.71. The van der Waals surface area contributed by atoms with Gasteiger partial charge in [-0.15, -0.1) is 11.3 Å². The zero-order valence-corrected chi connectivity index (χ0v) is 7.06. The summed E-state index contributed by atoms with van der Waals surface area (Å²) in [4.78, 5) is 21.9. The molecule has 1 aromatic rings. The smallest absolute Gasteiger partial charge is 0.249 e. The minimum Gasteiger partial charge on any atom is -0.369 e. The predicted octanol–water partition coefficient (Wildman–Crippen LogP) is -0.125. The number of thiophene rings is 1. The Morgan fingerprint density at radius 2 is 2.08 bits per heavy atom. The van der Waals surface area contributed by atoms with Gasteiger partial charge in [-0.1, -0.05) is 0 Å². The highest BCUT2D eigenvalue weighted by Gasteiger charge is 2.10. The van der Waals surface area contributed by atoms with Gasteiger partial charge in [0.15, 0.2) is 0 Å². The van der Waals surface area contributed by atoms with Crippen molar-refractivity contribution in [3.05, 3.63) is 21.9 Å². The lowest BCUT2D eigenvalue weighted by Crippen LogP contribution is -2.17. The van der Waals surface area contributed by atoms with Crippen molar-refractivity contribution in [1.82, 2.24) is 0 Å². The van der Waals surface area contributed by atoms with Crippen LogP contribution in [0.1, 0.15) is 15.2 Å². The zero-order chi connectivity index (χ0) is 9.14. The molecule has 0 aliphatic carbocycles. The van der Waals surface area contributed by atoms with Gasteiger partial charge >= 0.3 is 0 Å². The first-order valence-corrected chi connectivity index (χ1v) is 4.13. The van der Waals surface area contributed by atoms with Gasteiger partial charge in [0.1, 0.15) is 0 Å². The fourth-order valence-electron chi connectivity index (χ4n) is 0.855. The van der Waals surface area contributed by atoms with Crippen molar-refractivity contribution in [3.63, 3.8) is 0 Å². The van der Waals surface area contributed by atoms with E-state index in [4.69, 9.17) is 11.5 Å². The molecule has 0 fully saturated rings. The van der Waals surface area contributed by atoms with Crippen molar-refractivity contribution < 1.29 is 9.59 Å². The van der Waals surface area contributed by atoms with Crippen molar-refractivity contribution in [2.24, 2.45) is 11.5 Å². The normalized spacial score (nSPS) is 9.67. The number of amides is 2. The van der Waals surface area contributed by atoms with E-state index in [1.165, 1.54) is 11.3 Å². The van der Waals surface area contributed by atoms with Crippen LogP contribution in [0.5, 0.6) is 0 Å². The van der Waals surface area contributed by atoms with Crippen molar-refractivity contribution in [2.75, 3.05) is 0 Å². The fourth-order valence-corrected chi connectivity index (χ4v) is 1.74. The molecule has 0 bridgehead atoms. The Morgan fingerprint density at radius 3 is 2.58 bits per heavy atom. The summed E-state index contributed by atoms with van der Waals surface area (Å²) in [6.45, 7) is 0. The molecule has 5 heteroatoms. The number of primary amides is 2. The van der Waals surface area contributed by atoms with Crippen LogP contribution in [0, 0.1) is 0 Å². The first-order valence-electron chi connectivity index (χ1n) is 3.25. The van der Waals surface area contributed by atoms with Crippen LogP contribution >= 0.6 is 11.3 Å². The lowest BCUT2D eigenvalue weighted by atomic mass is 10.2. The van der Waals surface area contributed by atoms with Gasteiger partial charge in [0, 0.05) is 4.88 Å². The summed E-state index contributed by atoms with van der Waals surface area (Å²) in [7, 11) is 0. The van der Waals surface area contributed by atoms with Crippen LogP contribution < -0.4 is 11.5 Å². The number of hydrogen-bond donors (Lipinski definition) is 2. The van der Waals surface area contributed by atoms with Gasteiger partial charge in [0.25, 0.3) is 0 Å². The SMILES string of the molecule is NC(=O)Cc1sccc1C(N)=O. The standard InChI is InChI=1S/C7H8N2O2S/c8-6(10)3-5-4(7(9)11)1-2-12-5/h1-2H,3H2,(H2,8,10)(H2,9,11). The minimum atomic E-state index is -0.521. The largest absolute Gasteiger partial charge is 0.369 e. The third-order valence-corrected chi connectivity index (χ3v) is 2.27. The monoisotopic (exact) mass is 184 g/mol. The van der Waals surface area contributed by atoms with Gasteiger partial charge < -0.3 is 11.5 Å². The molecule has 0 spiro atoms. The molecule has 0 aliphatic rings. The maximum absolute atomic E-state index is 10.7. The molecule has 0 atom stereocenters. The first-order chi connectivity index (χ1) is 5.61. The number of nitrogens with two attached hydrogens (primary N) is 2. The van der Waals surface area contributed by atoms with Crippen LogP contribution in [0.3, 0.4) is 0 Å². The summed E-state index contributed by atoms with van der Waals surface area (Å²) in [5.41, 5.74) is 10.4. The van der Waals surface area contributed by atoms with Crippen LogP contribution in [-0.2, 0) is 11.2 Å². The van der Waals surface area contributed by atoms with E-state index in [1.54, 1.807) is 11.4 Å². The molecule has 12 heavy (non-hydrogen) atoms. The highest BCUT2D eigenvalue weighted by Crippen LogP contribution is 2.16. The summed E-state index contributed by atoms with van der Waals surface area (Å²) in [5.74, 6) is -0.979. The molecule has 0 saturated heterocycles. The summed E-state index contributed by atoms with van der Waals surface area (Å²) in [6.07, 6.45) is 0.0793. The van der Waals surface area contributed by atoms with Gasteiger partial charge in [-0.25, -0.2) is 0 Å². The summed E-state index contributed by atoms with van der Waals surface area (Å²) >= 11 is 1.30. The lowest BCUT2D eigenvalue weighted by Gasteiger charge is -1.95. The summed E-state index contributed by atoms with van der Waals surface area (Å²) in [6, 6.07) is 1.59. The maximum Gasteiger partial charge on any atom is 0.249 e. The Balaban J connectivity index is 2.91. The molecule has 0 aliphatic heterocycles. The van der Waals surface area contributed by atoms with E-state index in [-0.39, 0.29) is 6.42 Å². The molecule has 64 valence electrons. The quantitative estimate of drug-likeness (QED) is 0.685. The average molecular weight is 184 g/mol. The second-order valence-corrected chi connectivity index (χ2v) is 3.27.